The molecule has 0 amide bonds. The molecule has 0 saturated heterocycles. The van der Waals surface area contributed by atoms with Crippen LogP contribution in [-0.2, 0) is 4.79 Å². The molecule has 0 spiro atoms. The van der Waals surface area contributed by atoms with Crippen molar-refractivity contribution in [2.75, 3.05) is 0 Å². The lowest BCUT2D eigenvalue weighted by Gasteiger charge is -2.57. The Balaban J connectivity index is 1.50. The number of pyridine rings is 1. The van der Waals surface area contributed by atoms with Crippen LogP contribution in [0, 0.1) is 28.6 Å². The van der Waals surface area contributed by atoms with Crippen LogP contribution in [0.2, 0.25) is 0 Å². The predicted octanol–water partition coefficient (Wildman–Crippen LogP) is 4.97. The Hall–Kier alpha value is -1.74. The minimum absolute atomic E-state index is 0.0222. The topological polar surface area (TPSA) is 50.2 Å². The Labute approximate surface area is 168 Å². The number of carbonyl (C=O) groups excluding carboxylic acids is 1. The zero-order valence-electron chi connectivity index (χ0n) is 17.0. The molecule has 3 fully saturated rings. The molecular formula is C25H31NO2. The number of fused-ring (bicyclic) bond motifs is 5. The highest BCUT2D eigenvalue weighted by molar-refractivity contribution is 6.03. The van der Waals surface area contributed by atoms with Crippen molar-refractivity contribution in [2.24, 2.45) is 28.6 Å². The van der Waals surface area contributed by atoms with Crippen LogP contribution in [0.1, 0.15) is 64.5 Å². The number of hydrogen-bond acceptors (Lipinski definition) is 3. The zero-order valence-corrected chi connectivity index (χ0v) is 17.0. The summed E-state index contributed by atoms with van der Waals surface area (Å²) in [6.45, 7) is 4.77. The van der Waals surface area contributed by atoms with E-state index in [0.717, 1.165) is 43.4 Å². The second kappa shape index (κ2) is 6.38. The van der Waals surface area contributed by atoms with Gasteiger partial charge in [-0.05, 0) is 85.3 Å². The van der Waals surface area contributed by atoms with Crippen LogP contribution in [0.25, 0.3) is 6.08 Å². The van der Waals surface area contributed by atoms with E-state index in [4.69, 9.17) is 0 Å². The van der Waals surface area contributed by atoms with E-state index in [1.54, 1.807) is 6.20 Å². The number of aliphatic hydroxyl groups excluding tert-OH is 1. The van der Waals surface area contributed by atoms with E-state index < -0.39 is 0 Å². The van der Waals surface area contributed by atoms with E-state index in [-0.39, 0.29) is 16.9 Å². The van der Waals surface area contributed by atoms with E-state index in [0.29, 0.717) is 30.0 Å². The van der Waals surface area contributed by atoms with Crippen LogP contribution in [0.5, 0.6) is 0 Å². The average molecular weight is 378 g/mol. The summed E-state index contributed by atoms with van der Waals surface area (Å²) in [5.74, 6) is 2.01. The number of Topliss-reactive ketones (excluding diaryl/α,β-unsaturated/α-hetero) is 1. The van der Waals surface area contributed by atoms with E-state index >= 15 is 0 Å². The van der Waals surface area contributed by atoms with Crippen molar-refractivity contribution in [1.82, 2.24) is 4.98 Å². The molecule has 1 heterocycles. The fraction of sp³-hybridized carbons (Fsp3) is 0.600. The van der Waals surface area contributed by atoms with Crippen molar-refractivity contribution in [3.63, 3.8) is 0 Å². The molecule has 6 atom stereocenters. The fourth-order valence-electron chi connectivity index (χ4n) is 7.16. The van der Waals surface area contributed by atoms with Gasteiger partial charge in [-0.15, -0.1) is 0 Å². The molecule has 4 aliphatic rings. The summed E-state index contributed by atoms with van der Waals surface area (Å²) in [5.41, 5.74) is 3.60. The first-order chi connectivity index (χ1) is 13.4. The smallest absolute Gasteiger partial charge is 0.159 e. The minimum atomic E-state index is -0.161. The van der Waals surface area contributed by atoms with Crippen LogP contribution >= 0.6 is 0 Å². The van der Waals surface area contributed by atoms with Gasteiger partial charge in [-0.1, -0.05) is 31.6 Å². The van der Waals surface area contributed by atoms with Crippen molar-refractivity contribution in [1.29, 1.82) is 0 Å². The number of nitrogens with zero attached hydrogens (tertiary/aromatic N) is 1. The molecular weight excluding hydrogens is 346 g/mol. The van der Waals surface area contributed by atoms with Crippen molar-refractivity contribution < 1.29 is 9.90 Å². The number of aliphatic hydroxyl groups is 1. The summed E-state index contributed by atoms with van der Waals surface area (Å²) in [5, 5.41) is 10.2. The Morgan fingerprint density at radius 1 is 1.11 bits per heavy atom. The lowest BCUT2D eigenvalue weighted by molar-refractivity contribution is -0.115. The summed E-state index contributed by atoms with van der Waals surface area (Å²) >= 11 is 0. The summed E-state index contributed by atoms with van der Waals surface area (Å²) in [6.07, 6.45) is 13.0. The number of hydrogen-bond donors (Lipinski definition) is 1. The Morgan fingerprint density at radius 2 is 1.93 bits per heavy atom. The van der Waals surface area contributed by atoms with E-state index in [1.807, 2.05) is 18.2 Å². The second-order valence-corrected chi connectivity index (χ2v) is 10.1. The quantitative estimate of drug-likeness (QED) is 0.555. The summed E-state index contributed by atoms with van der Waals surface area (Å²) < 4.78 is 0. The first kappa shape index (κ1) is 18.3. The van der Waals surface area contributed by atoms with Gasteiger partial charge in [0, 0.05) is 18.2 Å². The normalized spacial score (nSPS) is 43.9. The van der Waals surface area contributed by atoms with Gasteiger partial charge < -0.3 is 5.11 Å². The molecule has 0 radical (unpaired) electrons. The van der Waals surface area contributed by atoms with Gasteiger partial charge in [0.05, 0.1) is 11.8 Å². The van der Waals surface area contributed by atoms with Crippen molar-refractivity contribution in [3.8, 4) is 0 Å². The minimum Gasteiger partial charge on any atom is -0.393 e. The third-order valence-corrected chi connectivity index (χ3v) is 8.77. The van der Waals surface area contributed by atoms with Gasteiger partial charge in [0.2, 0.25) is 0 Å². The molecule has 1 N–H and O–H groups in total. The number of carbonyl (C=O) groups is 1. The van der Waals surface area contributed by atoms with Crippen molar-refractivity contribution in [3.05, 3.63) is 47.3 Å². The monoisotopic (exact) mass is 377 g/mol. The van der Waals surface area contributed by atoms with Gasteiger partial charge in [0.15, 0.2) is 5.78 Å². The largest absolute Gasteiger partial charge is 0.393 e. The highest BCUT2D eigenvalue weighted by atomic mass is 16.3. The first-order valence-corrected chi connectivity index (χ1v) is 11.0. The van der Waals surface area contributed by atoms with Gasteiger partial charge in [-0.3, -0.25) is 9.78 Å². The molecule has 5 rings (SSSR count). The fourth-order valence-corrected chi connectivity index (χ4v) is 7.16. The zero-order chi connectivity index (χ0) is 19.5. The molecule has 3 saturated carbocycles. The second-order valence-electron chi connectivity index (χ2n) is 10.1. The van der Waals surface area contributed by atoms with Gasteiger partial charge >= 0.3 is 0 Å². The number of ketones is 1. The lowest BCUT2D eigenvalue weighted by Crippen LogP contribution is -2.49. The predicted molar refractivity (Wildman–Crippen MR) is 110 cm³/mol. The maximum absolute atomic E-state index is 13.1. The molecule has 0 aliphatic heterocycles. The molecule has 4 aliphatic carbocycles. The summed E-state index contributed by atoms with van der Waals surface area (Å²) in [6, 6.07) is 5.90. The van der Waals surface area contributed by atoms with Crippen LogP contribution in [0.4, 0.5) is 0 Å². The maximum Gasteiger partial charge on any atom is 0.159 e. The molecule has 1 aromatic rings. The molecule has 1 aromatic heterocycles. The van der Waals surface area contributed by atoms with Crippen LogP contribution in [0.3, 0.4) is 0 Å². The molecule has 3 heteroatoms. The Bertz CT molecular complexity index is 857. The molecule has 3 nitrogen and oxygen atoms in total. The maximum atomic E-state index is 13.1. The SMILES string of the molecule is C[C@]12CC[C@H](O)CC1=CC[C@@H]1[C@@H]2CC[C@]2(C)/C(=C/c3ccccn3)C(=O)C[C@@H]12. The van der Waals surface area contributed by atoms with E-state index in [9.17, 15) is 9.90 Å². The van der Waals surface area contributed by atoms with Crippen molar-refractivity contribution in [2.45, 2.75) is 64.9 Å². The molecule has 28 heavy (non-hydrogen) atoms. The Kier molecular flexibility index (Phi) is 4.17. The highest BCUT2D eigenvalue weighted by Crippen LogP contribution is 2.65. The van der Waals surface area contributed by atoms with Gasteiger partial charge in [0.25, 0.3) is 0 Å². The van der Waals surface area contributed by atoms with Gasteiger partial charge in [0.1, 0.15) is 0 Å². The molecule has 0 unspecified atom stereocenters. The number of allylic oxidation sites excluding steroid dienone is 2. The van der Waals surface area contributed by atoms with Crippen molar-refractivity contribution >= 4 is 11.9 Å². The van der Waals surface area contributed by atoms with Crippen LogP contribution < -0.4 is 0 Å². The number of aromatic nitrogens is 1. The third kappa shape index (κ3) is 2.58. The van der Waals surface area contributed by atoms with E-state index in [1.165, 1.54) is 12.0 Å². The summed E-state index contributed by atoms with van der Waals surface area (Å²) in [4.78, 5) is 17.5. The first-order valence-electron chi connectivity index (χ1n) is 11.0. The molecule has 0 bridgehead atoms. The standard InChI is InChI=1S/C25H31NO2/c1-24-10-8-18(27)13-16(24)6-7-19-20(24)9-11-25(2)21(19)15-23(28)22(25)14-17-5-3-4-12-26-17/h3-6,12,14,18-21,27H,7-11,13,15H2,1-2H3/b22-14+/t18-,19+,20-,21-,24-,25-/m0/s1. The highest BCUT2D eigenvalue weighted by Gasteiger charge is 2.59. The number of rotatable bonds is 1. The van der Waals surface area contributed by atoms with Gasteiger partial charge in [-0.25, -0.2) is 0 Å². The summed E-state index contributed by atoms with van der Waals surface area (Å²) in [7, 11) is 0. The average Bonchev–Trinajstić information content (AvgIpc) is 2.94. The van der Waals surface area contributed by atoms with Crippen LogP contribution in [-0.4, -0.2) is 22.0 Å². The molecule has 148 valence electrons. The molecule has 0 aromatic carbocycles. The van der Waals surface area contributed by atoms with Gasteiger partial charge in [-0.2, -0.15) is 0 Å². The van der Waals surface area contributed by atoms with Crippen LogP contribution in [0.15, 0.2) is 41.6 Å². The van der Waals surface area contributed by atoms with E-state index in [2.05, 4.69) is 31.0 Å². The Morgan fingerprint density at radius 3 is 2.71 bits per heavy atom. The third-order valence-electron chi connectivity index (χ3n) is 8.77. The lowest BCUT2D eigenvalue weighted by atomic mass is 9.48.